The average molecular weight is 257 g/mol. The van der Waals surface area contributed by atoms with Crippen molar-refractivity contribution in [2.45, 2.75) is 19.8 Å². The van der Waals surface area contributed by atoms with Crippen LogP contribution >= 0.6 is 0 Å². The van der Waals surface area contributed by atoms with E-state index in [2.05, 4.69) is 16.2 Å². The van der Waals surface area contributed by atoms with Gasteiger partial charge in [-0.25, -0.2) is 0 Å². The van der Waals surface area contributed by atoms with E-state index in [9.17, 15) is 0 Å². The molecule has 0 saturated carbocycles. The Morgan fingerprint density at radius 2 is 2.32 bits per heavy atom. The van der Waals surface area contributed by atoms with Gasteiger partial charge in [-0.2, -0.15) is 10.2 Å². The van der Waals surface area contributed by atoms with Gasteiger partial charge in [0.2, 0.25) is 5.89 Å². The number of aromatic nitrogens is 2. The molecule has 0 spiro atoms. The van der Waals surface area contributed by atoms with Crippen LogP contribution in [-0.2, 0) is 12.8 Å². The lowest BCUT2D eigenvalue weighted by atomic mass is 10.1. The van der Waals surface area contributed by atoms with Crippen LogP contribution in [0, 0.1) is 17.2 Å². The Hall–Kier alpha value is -2.35. The number of hydrogen-bond donors (Lipinski definition) is 0. The summed E-state index contributed by atoms with van der Waals surface area (Å²) >= 11 is 0. The molecule has 5 nitrogen and oxygen atoms in total. The maximum absolute atomic E-state index is 8.74. The van der Waals surface area contributed by atoms with Crippen molar-refractivity contribution in [3.63, 3.8) is 0 Å². The first-order valence-electron chi connectivity index (χ1n) is 6.05. The monoisotopic (exact) mass is 257 g/mol. The number of methoxy groups -OCH3 is 1. The number of nitrogens with zero attached hydrogens (tertiary/aromatic N) is 3. The van der Waals surface area contributed by atoms with Gasteiger partial charge in [-0.3, -0.25) is 0 Å². The van der Waals surface area contributed by atoms with Gasteiger partial charge in [0, 0.05) is 12.8 Å². The molecule has 19 heavy (non-hydrogen) atoms. The van der Waals surface area contributed by atoms with Crippen LogP contribution in [0.5, 0.6) is 5.75 Å². The van der Waals surface area contributed by atoms with Gasteiger partial charge in [-0.15, -0.1) is 0 Å². The summed E-state index contributed by atoms with van der Waals surface area (Å²) in [4.78, 5) is 4.28. The first-order valence-corrected chi connectivity index (χ1v) is 6.05. The molecule has 1 heterocycles. The van der Waals surface area contributed by atoms with E-state index in [1.165, 1.54) is 0 Å². The Balaban J connectivity index is 2.05. The number of hydrogen-bond acceptors (Lipinski definition) is 5. The highest BCUT2D eigenvalue weighted by Gasteiger charge is 2.10. The van der Waals surface area contributed by atoms with Crippen molar-refractivity contribution in [3.05, 3.63) is 41.5 Å². The molecular weight excluding hydrogens is 242 g/mol. The highest BCUT2D eigenvalue weighted by atomic mass is 16.5. The minimum absolute atomic E-state index is 0.120. The zero-order valence-electron chi connectivity index (χ0n) is 11.0. The Morgan fingerprint density at radius 1 is 1.47 bits per heavy atom. The quantitative estimate of drug-likeness (QED) is 0.822. The lowest BCUT2D eigenvalue weighted by Gasteiger charge is -2.01. The van der Waals surface area contributed by atoms with Crippen molar-refractivity contribution >= 4 is 0 Å². The van der Waals surface area contributed by atoms with Crippen molar-refractivity contribution in [2.24, 2.45) is 5.92 Å². The molecule has 1 aromatic carbocycles. The highest BCUT2D eigenvalue weighted by Crippen LogP contribution is 2.15. The van der Waals surface area contributed by atoms with E-state index in [1.54, 1.807) is 7.11 Å². The maximum Gasteiger partial charge on any atom is 0.227 e. The largest absolute Gasteiger partial charge is 0.497 e. The van der Waals surface area contributed by atoms with Crippen LogP contribution < -0.4 is 4.74 Å². The van der Waals surface area contributed by atoms with Crippen LogP contribution in [0.2, 0.25) is 0 Å². The van der Waals surface area contributed by atoms with Gasteiger partial charge >= 0.3 is 0 Å². The lowest BCUT2D eigenvalue weighted by molar-refractivity contribution is 0.365. The third-order valence-corrected chi connectivity index (χ3v) is 2.71. The normalized spacial score (nSPS) is 11.8. The van der Waals surface area contributed by atoms with E-state index in [-0.39, 0.29) is 5.92 Å². The average Bonchev–Trinajstić information content (AvgIpc) is 2.86. The molecule has 1 atom stereocenters. The second-order valence-corrected chi connectivity index (χ2v) is 4.37. The summed E-state index contributed by atoms with van der Waals surface area (Å²) in [6, 6.07) is 9.88. The van der Waals surface area contributed by atoms with Gasteiger partial charge in [-0.1, -0.05) is 17.3 Å². The van der Waals surface area contributed by atoms with E-state index in [4.69, 9.17) is 14.5 Å². The molecule has 0 aliphatic heterocycles. The van der Waals surface area contributed by atoms with Gasteiger partial charge in [-0.05, 0) is 24.6 Å². The first-order chi connectivity index (χ1) is 9.21. The SMILES string of the molecule is COc1cccc(Cc2noc(CC(C)C#N)n2)c1. The number of nitriles is 1. The Kier molecular flexibility index (Phi) is 4.14. The summed E-state index contributed by atoms with van der Waals surface area (Å²) in [5.41, 5.74) is 1.06. The fourth-order valence-corrected chi connectivity index (χ4v) is 1.72. The third kappa shape index (κ3) is 3.55. The molecule has 0 fully saturated rings. The molecule has 0 saturated heterocycles. The predicted octanol–water partition coefficient (Wildman–Crippen LogP) is 2.37. The van der Waals surface area contributed by atoms with Gasteiger partial charge < -0.3 is 9.26 Å². The van der Waals surface area contributed by atoms with Crippen LogP contribution in [0.3, 0.4) is 0 Å². The molecule has 0 bridgehead atoms. The summed E-state index contributed by atoms with van der Waals surface area (Å²) in [7, 11) is 1.63. The van der Waals surface area contributed by atoms with E-state index >= 15 is 0 Å². The predicted molar refractivity (Wildman–Crippen MR) is 68.6 cm³/mol. The second-order valence-electron chi connectivity index (χ2n) is 4.37. The summed E-state index contributed by atoms with van der Waals surface area (Å²) in [6.45, 7) is 1.83. The van der Waals surface area contributed by atoms with Gasteiger partial charge in [0.1, 0.15) is 5.75 Å². The molecule has 0 aliphatic rings. The minimum atomic E-state index is -0.120. The van der Waals surface area contributed by atoms with Crippen LogP contribution in [0.25, 0.3) is 0 Å². The van der Waals surface area contributed by atoms with Gasteiger partial charge in [0.15, 0.2) is 5.82 Å². The first kappa shape index (κ1) is 13.1. The molecule has 2 rings (SSSR count). The molecule has 2 aromatic rings. The van der Waals surface area contributed by atoms with Gasteiger partial charge in [0.05, 0.1) is 19.1 Å². The van der Waals surface area contributed by atoms with E-state index in [0.29, 0.717) is 24.6 Å². The summed E-state index contributed by atoms with van der Waals surface area (Å²) in [5.74, 6) is 1.81. The highest BCUT2D eigenvalue weighted by molar-refractivity contribution is 5.30. The van der Waals surface area contributed by atoms with E-state index in [0.717, 1.165) is 11.3 Å². The molecule has 1 aromatic heterocycles. The molecule has 5 heteroatoms. The van der Waals surface area contributed by atoms with Crippen molar-refractivity contribution in [1.29, 1.82) is 5.26 Å². The standard InChI is InChI=1S/C14H15N3O2/c1-10(9-15)6-14-16-13(17-19-14)8-11-4-3-5-12(7-11)18-2/h3-5,7,10H,6,8H2,1-2H3. The van der Waals surface area contributed by atoms with Crippen molar-refractivity contribution in [2.75, 3.05) is 7.11 Å². The number of benzene rings is 1. The maximum atomic E-state index is 8.74. The third-order valence-electron chi connectivity index (χ3n) is 2.71. The minimum Gasteiger partial charge on any atom is -0.497 e. The fraction of sp³-hybridized carbons (Fsp3) is 0.357. The molecule has 0 amide bonds. The topological polar surface area (TPSA) is 71.9 Å². The number of rotatable bonds is 5. The van der Waals surface area contributed by atoms with E-state index in [1.807, 2.05) is 31.2 Å². The Labute approximate surface area is 111 Å². The zero-order valence-corrected chi connectivity index (χ0v) is 11.0. The van der Waals surface area contributed by atoms with Crippen molar-refractivity contribution in [3.8, 4) is 11.8 Å². The number of ether oxygens (including phenoxy) is 1. The lowest BCUT2D eigenvalue weighted by Crippen LogP contribution is -1.97. The molecular formula is C14H15N3O2. The van der Waals surface area contributed by atoms with Crippen LogP contribution in [0.1, 0.15) is 24.2 Å². The van der Waals surface area contributed by atoms with Gasteiger partial charge in [0.25, 0.3) is 0 Å². The zero-order chi connectivity index (χ0) is 13.7. The Bertz CT molecular complexity index is 586. The van der Waals surface area contributed by atoms with Crippen molar-refractivity contribution < 1.29 is 9.26 Å². The molecule has 98 valence electrons. The van der Waals surface area contributed by atoms with Crippen LogP contribution in [0.15, 0.2) is 28.8 Å². The molecule has 0 radical (unpaired) electrons. The summed E-state index contributed by atoms with van der Waals surface area (Å²) in [5, 5.41) is 12.7. The smallest absolute Gasteiger partial charge is 0.227 e. The molecule has 1 unspecified atom stereocenters. The molecule has 0 N–H and O–H groups in total. The fourth-order valence-electron chi connectivity index (χ4n) is 1.72. The Morgan fingerprint density at radius 3 is 3.05 bits per heavy atom. The summed E-state index contributed by atoms with van der Waals surface area (Å²) < 4.78 is 10.3. The molecule has 0 aliphatic carbocycles. The summed E-state index contributed by atoms with van der Waals surface area (Å²) in [6.07, 6.45) is 1.07. The van der Waals surface area contributed by atoms with E-state index < -0.39 is 0 Å². The second kappa shape index (κ2) is 6.01. The van der Waals surface area contributed by atoms with Crippen LogP contribution in [0.4, 0.5) is 0 Å². The van der Waals surface area contributed by atoms with Crippen molar-refractivity contribution in [1.82, 2.24) is 10.1 Å². The van der Waals surface area contributed by atoms with Crippen LogP contribution in [-0.4, -0.2) is 17.3 Å².